The zero-order valence-electron chi connectivity index (χ0n) is 16.0. The highest BCUT2D eigenvalue weighted by molar-refractivity contribution is 5.49. The molecule has 0 saturated heterocycles. The van der Waals surface area contributed by atoms with Crippen LogP contribution >= 0.6 is 0 Å². The normalized spacial score (nSPS) is 18.0. The minimum Gasteiger partial charge on any atom is -0.352 e. The molecule has 0 radical (unpaired) electrons. The third kappa shape index (κ3) is 3.84. The Labute approximate surface area is 157 Å². The molecule has 0 atom stereocenters. The van der Waals surface area contributed by atoms with E-state index >= 15 is 0 Å². The average Bonchev–Trinajstić information content (AvgIpc) is 2.68. The van der Waals surface area contributed by atoms with Crippen LogP contribution in [-0.2, 0) is 13.0 Å². The number of anilines is 2. The van der Waals surface area contributed by atoms with Gasteiger partial charge in [0.05, 0.1) is 5.69 Å². The Bertz CT molecular complexity index is 750. The smallest absolute Gasteiger partial charge is 0.225 e. The molecule has 1 fully saturated rings. The maximum atomic E-state index is 4.91. The first-order chi connectivity index (χ1) is 12.7. The first-order valence-electron chi connectivity index (χ1n) is 10.2. The lowest BCUT2D eigenvalue weighted by Crippen LogP contribution is -2.32. The van der Waals surface area contributed by atoms with Crippen LogP contribution in [0.5, 0.6) is 0 Å². The highest BCUT2D eigenvalue weighted by Gasteiger charge is 2.20. The Morgan fingerprint density at radius 2 is 1.81 bits per heavy atom. The molecule has 2 aromatic rings. The van der Waals surface area contributed by atoms with Gasteiger partial charge in [0.15, 0.2) is 0 Å². The van der Waals surface area contributed by atoms with Crippen LogP contribution < -0.4 is 10.2 Å². The molecule has 4 rings (SSSR count). The van der Waals surface area contributed by atoms with Crippen LogP contribution in [0.3, 0.4) is 0 Å². The molecular formula is C22H30N4. The van der Waals surface area contributed by atoms with E-state index < -0.39 is 0 Å². The fourth-order valence-electron chi connectivity index (χ4n) is 4.10. The highest BCUT2D eigenvalue weighted by atomic mass is 15.2. The summed E-state index contributed by atoms with van der Waals surface area (Å²) < 4.78 is 0. The van der Waals surface area contributed by atoms with E-state index in [2.05, 4.69) is 54.4 Å². The van der Waals surface area contributed by atoms with Gasteiger partial charge in [-0.05, 0) is 36.3 Å². The van der Waals surface area contributed by atoms with Crippen molar-refractivity contribution in [2.24, 2.45) is 0 Å². The second kappa shape index (κ2) is 7.65. The molecule has 138 valence electrons. The van der Waals surface area contributed by atoms with Crippen molar-refractivity contribution in [2.45, 2.75) is 70.9 Å². The molecule has 26 heavy (non-hydrogen) atoms. The second-order valence-corrected chi connectivity index (χ2v) is 8.05. The molecule has 0 amide bonds. The van der Waals surface area contributed by atoms with Gasteiger partial charge in [0.1, 0.15) is 5.82 Å². The predicted molar refractivity (Wildman–Crippen MR) is 108 cm³/mol. The van der Waals surface area contributed by atoms with Gasteiger partial charge in [0.25, 0.3) is 0 Å². The minimum atomic E-state index is 0.403. The van der Waals surface area contributed by atoms with Crippen LogP contribution in [0.4, 0.5) is 11.8 Å². The van der Waals surface area contributed by atoms with Gasteiger partial charge in [-0.2, -0.15) is 4.98 Å². The Hall–Kier alpha value is -2.10. The summed E-state index contributed by atoms with van der Waals surface area (Å²) in [5, 5.41) is 3.63. The maximum Gasteiger partial charge on any atom is 0.225 e. The zero-order chi connectivity index (χ0) is 17.9. The number of fused-ring (bicyclic) bond motifs is 1. The number of nitrogens with one attached hydrogen (secondary N) is 1. The van der Waals surface area contributed by atoms with Crippen LogP contribution in [0.1, 0.15) is 68.7 Å². The molecule has 1 saturated carbocycles. The molecule has 1 aliphatic carbocycles. The lowest BCUT2D eigenvalue weighted by Gasteiger charge is -2.31. The van der Waals surface area contributed by atoms with Crippen LogP contribution in [0.15, 0.2) is 30.3 Å². The van der Waals surface area contributed by atoms with Crippen molar-refractivity contribution < 1.29 is 0 Å². The Kier molecular flexibility index (Phi) is 5.09. The quantitative estimate of drug-likeness (QED) is 0.851. The summed E-state index contributed by atoms with van der Waals surface area (Å²) in [4.78, 5) is 12.1. The van der Waals surface area contributed by atoms with Crippen molar-refractivity contribution in [3.05, 3.63) is 47.2 Å². The molecule has 2 heterocycles. The van der Waals surface area contributed by atoms with E-state index in [1.54, 1.807) is 0 Å². The lowest BCUT2D eigenvalue weighted by molar-refractivity contribution is 0.460. The van der Waals surface area contributed by atoms with Crippen molar-refractivity contribution in [3.8, 4) is 0 Å². The first kappa shape index (κ1) is 17.3. The summed E-state index contributed by atoms with van der Waals surface area (Å²) in [6.07, 6.45) is 7.56. The van der Waals surface area contributed by atoms with Crippen LogP contribution in [0, 0.1) is 0 Å². The fraction of sp³-hybridized carbons (Fsp3) is 0.545. The van der Waals surface area contributed by atoms with E-state index in [-0.39, 0.29) is 0 Å². The van der Waals surface area contributed by atoms with Crippen LogP contribution in [-0.4, -0.2) is 22.6 Å². The molecule has 1 N–H and O–H groups in total. The largest absolute Gasteiger partial charge is 0.352 e. The number of rotatable bonds is 4. The minimum absolute atomic E-state index is 0.403. The maximum absolute atomic E-state index is 4.91. The van der Waals surface area contributed by atoms with Crippen LogP contribution in [0.2, 0.25) is 0 Å². The number of aromatic nitrogens is 2. The summed E-state index contributed by atoms with van der Waals surface area (Å²) in [6.45, 7) is 6.38. The summed E-state index contributed by atoms with van der Waals surface area (Å²) >= 11 is 0. The lowest BCUT2D eigenvalue weighted by atomic mass is 9.96. The molecular weight excluding hydrogens is 320 g/mol. The van der Waals surface area contributed by atoms with E-state index in [4.69, 9.17) is 9.97 Å². The predicted octanol–water partition coefficient (Wildman–Crippen LogP) is 4.91. The van der Waals surface area contributed by atoms with Gasteiger partial charge in [0.2, 0.25) is 5.95 Å². The van der Waals surface area contributed by atoms with E-state index in [1.807, 2.05) is 0 Å². The Balaban J connectivity index is 1.59. The molecule has 0 bridgehead atoms. The van der Waals surface area contributed by atoms with Gasteiger partial charge in [-0.25, -0.2) is 4.98 Å². The van der Waals surface area contributed by atoms with E-state index in [0.717, 1.165) is 37.0 Å². The molecule has 1 aromatic carbocycles. The van der Waals surface area contributed by atoms with Gasteiger partial charge >= 0.3 is 0 Å². The molecule has 1 aromatic heterocycles. The van der Waals surface area contributed by atoms with Crippen molar-refractivity contribution >= 4 is 11.8 Å². The average molecular weight is 351 g/mol. The third-order valence-electron chi connectivity index (χ3n) is 5.72. The van der Waals surface area contributed by atoms with E-state index in [0.29, 0.717) is 12.0 Å². The van der Waals surface area contributed by atoms with Gasteiger partial charge in [-0.1, -0.05) is 57.4 Å². The topological polar surface area (TPSA) is 41.1 Å². The molecule has 2 aliphatic rings. The van der Waals surface area contributed by atoms with E-state index in [1.165, 1.54) is 43.2 Å². The fourth-order valence-corrected chi connectivity index (χ4v) is 4.10. The monoisotopic (exact) mass is 350 g/mol. The van der Waals surface area contributed by atoms with Crippen molar-refractivity contribution in [2.75, 3.05) is 16.8 Å². The Morgan fingerprint density at radius 1 is 1.04 bits per heavy atom. The van der Waals surface area contributed by atoms with Crippen LogP contribution in [0.25, 0.3) is 0 Å². The van der Waals surface area contributed by atoms with Crippen molar-refractivity contribution in [1.82, 2.24) is 9.97 Å². The van der Waals surface area contributed by atoms with Gasteiger partial charge in [-0.15, -0.1) is 0 Å². The number of benzene rings is 1. The zero-order valence-corrected chi connectivity index (χ0v) is 16.0. The van der Waals surface area contributed by atoms with Gasteiger partial charge < -0.3 is 10.2 Å². The molecule has 4 nitrogen and oxygen atoms in total. The molecule has 1 aliphatic heterocycles. The molecule has 4 heteroatoms. The van der Waals surface area contributed by atoms with Crippen molar-refractivity contribution in [1.29, 1.82) is 0 Å². The number of hydrogen-bond acceptors (Lipinski definition) is 4. The standard InChI is InChI=1S/C22H30N4/c1-16(2)20-14-21(25-22(24-20)23-19-10-4-3-5-11-19)26-13-12-17-8-6-7-9-18(17)15-26/h6-9,14,16,19H,3-5,10-13,15H2,1-2H3,(H,23,24,25). The summed E-state index contributed by atoms with van der Waals surface area (Å²) in [5.41, 5.74) is 4.03. The summed E-state index contributed by atoms with van der Waals surface area (Å²) in [5.74, 6) is 2.29. The van der Waals surface area contributed by atoms with Gasteiger partial charge in [-0.3, -0.25) is 0 Å². The third-order valence-corrected chi connectivity index (χ3v) is 5.72. The van der Waals surface area contributed by atoms with Crippen molar-refractivity contribution in [3.63, 3.8) is 0 Å². The Morgan fingerprint density at radius 3 is 2.58 bits per heavy atom. The number of hydrogen-bond donors (Lipinski definition) is 1. The summed E-state index contributed by atoms with van der Waals surface area (Å²) in [6, 6.07) is 11.5. The molecule has 0 spiro atoms. The SMILES string of the molecule is CC(C)c1cc(N2CCc3ccccc3C2)nc(NC2CCCCC2)n1. The highest BCUT2D eigenvalue weighted by Crippen LogP contribution is 2.27. The van der Waals surface area contributed by atoms with E-state index in [9.17, 15) is 0 Å². The summed E-state index contributed by atoms with van der Waals surface area (Å²) in [7, 11) is 0. The number of nitrogens with zero attached hydrogens (tertiary/aromatic N) is 3. The second-order valence-electron chi connectivity index (χ2n) is 8.05. The molecule has 0 unspecified atom stereocenters. The van der Waals surface area contributed by atoms with Gasteiger partial charge in [0, 0.05) is 25.2 Å². The first-order valence-corrected chi connectivity index (χ1v) is 10.2.